The Morgan fingerprint density at radius 3 is 2.81 bits per heavy atom. The minimum atomic E-state index is 0.439. The highest BCUT2D eigenvalue weighted by atomic mass is 35.5. The predicted octanol–water partition coefficient (Wildman–Crippen LogP) is 3.15. The number of hydrogen-bond donors (Lipinski definition) is 0. The Bertz CT molecular complexity index is 723. The van der Waals surface area contributed by atoms with Gasteiger partial charge in [0.15, 0.2) is 5.82 Å². The Morgan fingerprint density at radius 1 is 1.19 bits per heavy atom. The van der Waals surface area contributed by atoms with Crippen molar-refractivity contribution in [1.82, 2.24) is 14.4 Å². The summed E-state index contributed by atoms with van der Waals surface area (Å²) in [5.74, 6) is 1.38. The quantitative estimate of drug-likeness (QED) is 0.679. The second kappa shape index (κ2) is 6.14. The van der Waals surface area contributed by atoms with E-state index in [9.17, 15) is 0 Å². The molecule has 4 nitrogen and oxygen atoms in total. The lowest BCUT2D eigenvalue weighted by Crippen LogP contribution is -2.22. The maximum absolute atomic E-state index is 6.11. The van der Waals surface area contributed by atoms with Crippen LogP contribution in [0.25, 0.3) is 5.65 Å². The summed E-state index contributed by atoms with van der Waals surface area (Å²) in [6.07, 6.45) is 4.70. The van der Waals surface area contributed by atoms with Gasteiger partial charge in [0.2, 0.25) is 0 Å². The van der Waals surface area contributed by atoms with Crippen molar-refractivity contribution in [2.75, 3.05) is 18.5 Å². The van der Waals surface area contributed by atoms with Crippen LogP contribution in [0.2, 0.25) is 0 Å². The SMILES string of the molecule is CN(CCc1ccccn1)c1nc2ccccn2c1CCl. The van der Waals surface area contributed by atoms with Gasteiger partial charge in [0.1, 0.15) is 5.65 Å². The first kappa shape index (κ1) is 13.9. The molecule has 3 aromatic heterocycles. The zero-order valence-corrected chi connectivity index (χ0v) is 12.7. The van der Waals surface area contributed by atoms with E-state index in [4.69, 9.17) is 11.6 Å². The van der Waals surface area contributed by atoms with E-state index in [1.54, 1.807) is 0 Å². The Hall–Kier alpha value is -2.07. The molecule has 108 valence electrons. The van der Waals surface area contributed by atoms with E-state index >= 15 is 0 Å². The van der Waals surface area contributed by atoms with E-state index < -0.39 is 0 Å². The van der Waals surface area contributed by atoms with Crippen molar-refractivity contribution in [2.45, 2.75) is 12.3 Å². The average Bonchev–Trinajstić information content (AvgIpc) is 2.92. The summed E-state index contributed by atoms with van der Waals surface area (Å²) in [6, 6.07) is 11.9. The topological polar surface area (TPSA) is 33.4 Å². The molecule has 0 saturated carbocycles. The van der Waals surface area contributed by atoms with E-state index in [2.05, 4.69) is 14.9 Å². The number of rotatable bonds is 5. The molecule has 0 spiro atoms. The molecule has 3 rings (SSSR count). The molecule has 0 unspecified atom stereocenters. The van der Waals surface area contributed by atoms with Gasteiger partial charge in [-0.05, 0) is 24.3 Å². The van der Waals surface area contributed by atoms with Gasteiger partial charge in [-0.2, -0.15) is 0 Å². The van der Waals surface area contributed by atoms with Gasteiger partial charge < -0.3 is 9.30 Å². The van der Waals surface area contributed by atoms with Crippen LogP contribution >= 0.6 is 11.6 Å². The summed E-state index contributed by atoms with van der Waals surface area (Å²) >= 11 is 6.11. The zero-order chi connectivity index (χ0) is 14.7. The fraction of sp³-hybridized carbons (Fsp3) is 0.250. The number of anilines is 1. The minimum absolute atomic E-state index is 0.439. The highest BCUT2D eigenvalue weighted by Crippen LogP contribution is 2.22. The molecule has 0 radical (unpaired) electrons. The predicted molar refractivity (Wildman–Crippen MR) is 86.0 cm³/mol. The maximum atomic E-state index is 6.11. The second-order valence-corrected chi connectivity index (χ2v) is 5.20. The van der Waals surface area contributed by atoms with Gasteiger partial charge in [0.25, 0.3) is 0 Å². The van der Waals surface area contributed by atoms with Gasteiger partial charge in [-0.15, -0.1) is 11.6 Å². The van der Waals surface area contributed by atoms with E-state index in [0.717, 1.165) is 35.8 Å². The van der Waals surface area contributed by atoms with Gasteiger partial charge in [0, 0.05) is 38.1 Å². The van der Waals surface area contributed by atoms with Gasteiger partial charge in [-0.25, -0.2) is 4.98 Å². The molecule has 3 aromatic rings. The van der Waals surface area contributed by atoms with Crippen LogP contribution in [0.4, 0.5) is 5.82 Å². The molecular formula is C16H17ClN4. The molecule has 0 fully saturated rings. The number of imidazole rings is 1. The van der Waals surface area contributed by atoms with Gasteiger partial charge in [-0.3, -0.25) is 4.98 Å². The fourth-order valence-electron chi connectivity index (χ4n) is 2.40. The second-order valence-electron chi connectivity index (χ2n) is 4.94. The molecule has 3 heterocycles. The van der Waals surface area contributed by atoms with Crippen LogP contribution in [0, 0.1) is 0 Å². The van der Waals surface area contributed by atoms with E-state index in [1.165, 1.54) is 0 Å². The Balaban J connectivity index is 1.82. The maximum Gasteiger partial charge on any atom is 0.152 e. The average molecular weight is 301 g/mol. The molecule has 0 aromatic carbocycles. The Morgan fingerprint density at radius 2 is 2.05 bits per heavy atom. The smallest absolute Gasteiger partial charge is 0.152 e. The summed E-state index contributed by atoms with van der Waals surface area (Å²) in [6.45, 7) is 0.852. The number of halogens is 1. The molecule has 0 saturated heterocycles. The highest BCUT2D eigenvalue weighted by Gasteiger charge is 2.14. The third-order valence-corrected chi connectivity index (χ3v) is 3.78. The van der Waals surface area contributed by atoms with Crippen LogP contribution in [0.1, 0.15) is 11.4 Å². The summed E-state index contributed by atoms with van der Waals surface area (Å²) in [5.41, 5.74) is 3.03. The lowest BCUT2D eigenvalue weighted by Gasteiger charge is -2.17. The number of pyridine rings is 2. The molecule has 21 heavy (non-hydrogen) atoms. The van der Waals surface area contributed by atoms with Crippen molar-refractivity contribution in [3.8, 4) is 0 Å². The molecule has 0 amide bonds. The normalized spacial score (nSPS) is 11.0. The summed E-state index contributed by atoms with van der Waals surface area (Å²) < 4.78 is 2.04. The third kappa shape index (κ3) is 2.85. The molecule has 0 aliphatic rings. The third-order valence-electron chi connectivity index (χ3n) is 3.53. The lowest BCUT2D eigenvalue weighted by molar-refractivity contribution is 0.837. The number of aromatic nitrogens is 3. The number of likely N-dealkylation sites (N-methyl/N-ethyl adjacent to an activating group) is 1. The van der Waals surface area contributed by atoms with Crippen LogP contribution < -0.4 is 4.90 Å². The van der Waals surface area contributed by atoms with E-state index in [1.807, 2.05) is 60.2 Å². The van der Waals surface area contributed by atoms with Gasteiger partial charge in [-0.1, -0.05) is 12.1 Å². The highest BCUT2D eigenvalue weighted by molar-refractivity contribution is 6.17. The zero-order valence-electron chi connectivity index (χ0n) is 11.9. The Labute approximate surface area is 129 Å². The standard InChI is InChI=1S/C16H17ClN4/c1-20(11-8-13-6-2-4-9-18-13)16-14(12-17)21-10-5-3-7-15(21)19-16/h2-7,9-10H,8,11-12H2,1H3. The molecule has 0 aliphatic heterocycles. The van der Waals surface area contributed by atoms with Crippen molar-refractivity contribution < 1.29 is 0 Å². The fourth-order valence-corrected chi connectivity index (χ4v) is 2.65. The monoisotopic (exact) mass is 300 g/mol. The van der Waals surface area contributed by atoms with Crippen molar-refractivity contribution in [3.63, 3.8) is 0 Å². The molecule has 0 aliphatic carbocycles. The number of hydrogen-bond acceptors (Lipinski definition) is 3. The van der Waals surface area contributed by atoms with Crippen molar-refractivity contribution >= 4 is 23.1 Å². The largest absolute Gasteiger partial charge is 0.358 e. The molecular weight excluding hydrogens is 284 g/mol. The molecule has 0 atom stereocenters. The van der Waals surface area contributed by atoms with Crippen molar-refractivity contribution in [3.05, 3.63) is 60.2 Å². The Kier molecular flexibility index (Phi) is 4.06. The van der Waals surface area contributed by atoms with Crippen LogP contribution in [-0.2, 0) is 12.3 Å². The van der Waals surface area contributed by atoms with Crippen molar-refractivity contribution in [1.29, 1.82) is 0 Å². The lowest BCUT2D eigenvalue weighted by atomic mass is 10.2. The van der Waals surface area contributed by atoms with Crippen molar-refractivity contribution in [2.24, 2.45) is 0 Å². The van der Waals surface area contributed by atoms with Crippen LogP contribution in [-0.4, -0.2) is 28.0 Å². The van der Waals surface area contributed by atoms with E-state index in [-0.39, 0.29) is 0 Å². The molecule has 0 bridgehead atoms. The van der Waals surface area contributed by atoms with Gasteiger partial charge >= 0.3 is 0 Å². The number of nitrogens with zero attached hydrogens (tertiary/aromatic N) is 4. The number of alkyl halides is 1. The number of fused-ring (bicyclic) bond motifs is 1. The molecule has 0 N–H and O–H groups in total. The minimum Gasteiger partial charge on any atom is -0.358 e. The summed E-state index contributed by atoms with van der Waals surface area (Å²) in [7, 11) is 2.04. The van der Waals surface area contributed by atoms with Crippen LogP contribution in [0.15, 0.2) is 48.8 Å². The van der Waals surface area contributed by atoms with Crippen LogP contribution in [0.3, 0.4) is 0 Å². The van der Waals surface area contributed by atoms with Gasteiger partial charge in [0.05, 0.1) is 11.6 Å². The molecule has 5 heteroatoms. The van der Waals surface area contributed by atoms with E-state index in [0.29, 0.717) is 5.88 Å². The first-order valence-electron chi connectivity index (χ1n) is 6.92. The summed E-state index contributed by atoms with van der Waals surface area (Å²) in [5, 5.41) is 0. The first-order chi connectivity index (χ1) is 10.3. The first-order valence-corrected chi connectivity index (χ1v) is 7.46. The van der Waals surface area contributed by atoms with Crippen LogP contribution in [0.5, 0.6) is 0 Å². The summed E-state index contributed by atoms with van der Waals surface area (Å²) in [4.78, 5) is 11.2.